The minimum Gasteiger partial charge on any atom is -0.449 e. The summed E-state index contributed by atoms with van der Waals surface area (Å²) in [5.41, 5.74) is 2.29. The maximum Gasteiger partial charge on any atom is 0.410 e. The van der Waals surface area contributed by atoms with Crippen LogP contribution >= 0.6 is 11.6 Å². The van der Waals surface area contributed by atoms with E-state index >= 15 is 0 Å². The van der Waals surface area contributed by atoms with Crippen molar-refractivity contribution in [3.63, 3.8) is 0 Å². The maximum atomic E-state index is 13.8. The molecule has 0 radical (unpaired) electrons. The minimum atomic E-state index is -0.568. The molecule has 0 aliphatic carbocycles. The molecular formula is C31H31ClN4O4. The standard InChI is InChI=1S/C31H31ClN4O4/c1-31(2,3)40-30(38)35-19-17-34(18-20-35)27-21-33-36(25-13-11-24(32)12-14-25)29(37)28(27)39-26-15-9-23(10-16-26)22-7-5-4-6-8-22/h4-16,21H,17-20H2,1-3H3. The predicted molar refractivity (Wildman–Crippen MR) is 157 cm³/mol. The lowest BCUT2D eigenvalue weighted by molar-refractivity contribution is 0.0240. The number of carbonyl (C=O) groups excluding carboxylic acids is 1. The lowest BCUT2D eigenvalue weighted by Crippen LogP contribution is -2.50. The summed E-state index contributed by atoms with van der Waals surface area (Å²) in [6.07, 6.45) is 1.28. The summed E-state index contributed by atoms with van der Waals surface area (Å²) in [7, 11) is 0. The number of ether oxygens (including phenoxy) is 2. The first kappa shape index (κ1) is 27.3. The highest BCUT2D eigenvalue weighted by Gasteiger charge is 2.28. The van der Waals surface area contributed by atoms with Crippen LogP contribution in [0.15, 0.2) is 89.9 Å². The Kier molecular flexibility index (Phi) is 7.80. The van der Waals surface area contributed by atoms with E-state index in [-0.39, 0.29) is 11.8 Å². The molecule has 0 atom stereocenters. The number of piperazine rings is 1. The van der Waals surface area contributed by atoms with Crippen molar-refractivity contribution in [2.45, 2.75) is 26.4 Å². The largest absolute Gasteiger partial charge is 0.449 e. The van der Waals surface area contributed by atoms with Gasteiger partial charge in [0.05, 0.1) is 11.9 Å². The fraction of sp³-hybridized carbons (Fsp3) is 0.258. The van der Waals surface area contributed by atoms with Gasteiger partial charge < -0.3 is 19.3 Å². The molecule has 0 spiro atoms. The van der Waals surface area contributed by atoms with Crippen molar-refractivity contribution in [3.05, 3.63) is 100 Å². The van der Waals surface area contributed by atoms with E-state index in [1.807, 2.05) is 80.3 Å². The van der Waals surface area contributed by atoms with Gasteiger partial charge in [0, 0.05) is 31.2 Å². The second-order valence-corrected chi connectivity index (χ2v) is 10.9. The molecule has 2 heterocycles. The van der Waals surface area contributed by atoms with E-state index in [0.717, 1.165) is 11.1 Å². The van der Waals surface area contributed by atoms with Gasteiger partial charge in [0.15, 0.2) is 0 Å². The molecule has 1 aliphatic rings. The van der Waals surface area contributed by atoms with Gasteiger partial charge in [0.2, 0.25) is 5.75 Å². The number of rotatable bonds is 5. The van der Waals surface area contributed by atoms with E-state index in [1.165, 1.54) is 4.68 Å². The third-order valence-corrected chi connectivity index (χ3v) is 6.69. The maximum absolute atomic E-state index is 13.8. The summed E-state index contributed by atoms with van der Waals surface area (Å²) in [5, 5.41) is 5.01. The van der Waals surface area contributed by atoms with E-state index in [4.69, 9.17) is 21.1 Å². The van der Waals surface area contributed by atoms with Crippen molar-refractivity contribution in [2.24, 2.45) is 0 Å². The van der Waals surface area contributed by atoms with Crippen molar-refractivity contribution >= 4 is 23.4 Å². The second-order valence-electron chi connectivity index (χ2n) is 10.5. The molecule has 8 nitrogen and oxygen atoms in total. The van der Waals surface area contributed by atoms with E-state index < -0.39 is 11.2 Å². The van der Waals surface area contributed by atoms with Crippen LogP contribution in [0.1, 0.15) is 20.8 Å². The van der Waals surface area contributed by atoms with Gasteiger partial charge in [-0.3, -0.25) is 4.79 Å². The first-order valence-electron chi connectivity index (χ1n) is 13.1. The third kappa shape index (κ3) is 6.29. The molecular weight excluding hydrogens is 528 g/mol. The fourth-order valence-corrected chi connectivity index (χ4v) is 4.56. The number of hydrogen-bond acceptors (Lipinski definition) is 6. The quantitative estimate of drug-likeness (QED) is 0.282. The van der Waals surface area contributed by atoms with E-state index in [9.17, 15) is 9.59 Å². The summed E-state index contributed by atoms with van der Waals surface area (Å²) in [6, 6.07) is 24.5. The van der Waals surface area contributed by atoms with Gasteiger partial charge in [-0.25, -0.2) is 4.79 Å². The topological polar surface area (TPSA) is 76.9 Å². The third-order valence-electron chi connectivity index (χ3n) is 6.44. The van der Waals surface area contributed by atoms with Crippen LogP contribution in [-0.2, 0) is 4.74 Å². The van der Waals surface area contributed by atoms with E-state index in [0.29, 0.717) is 48.3 Å². The van der Waals surface area contributed by atoms with Crippen LogP contribution in [0.25, 0.3) is 16.8 Å². The van der Waals surface area contributed by atoms with Gasteiger partial charge >= 0.3 is 11.7 Å². The molecule has 1 aromatic heterocycles. The van der Waals surface area contributed by atoms with Crippen LogP contribution in [0.2, 0.25) is 5.02 Å². The Balaban J connectivity index is 1.44. The molecule has 40 heavy (non-hydrogen) atoms. The van der Waals surface area contributed by atoms with Crippen molar-refractivity contribution in [1.29, 1.82) is 0 Å². The molecule has 1 saturated heterocycles. The Morgan fingerprint density at radius 3 is 2.10 bits per heavy atom. The molecule has 1 aliphatic heterocycles. The van der Waals surface area contributed by atoms with Crippen LogP contribution in [0, 0.1) is 0 Å². The molecule has 0 unspecified atom stereocenters. The Bertz CT molecular complexity index is 1520. The molecule has 1 amide bonds. The van der Waals surface area contributed by atoms with Crippen molar-refractivity contribution in [1.82, 2.24) is 14.7 Å². The molecule has 1 fully saturated rings. The fourth-order valence-electron chi connectivity index (χ4n) is 4.44. The highest BCUT2D eigenvalue weighted by molar-refractivity contribution is 6.30. The number of carbonyl (C=O) groups is 1. The lowest BCUT2D eigenvalue weighted by atomic mass is 10.1. The normalized spacial score (nSPS) is 13.7. The zero-order valence-corrected chi connectivity index (χ0v) is 23.5. The SMILES string of the molecule is CC(C)(C)OC(=O)N1CCN(c2cnn(-c3ccc(Cl)cc3)c(=O)c2Oc2ccc(-c3ccccc3)cc2)CC1. The van der Waals surface area contributed by atoms with Crippen molar-refractivity contribution < 1.29 is 14.3 Å². The Morgan fingerprint density at radius 2 is 1.48 bits per heavy atom. The molecule has 5 rings (SSSR count). The smallest absolute Gasteiger partial charge is 0.410 e. The average Bonchev–Trinajstić information content (AvgIpc) is 2.95. The number of anilines is 1. The van der Waals surface area contributed by atoms with Crippen LogP contribution in [0.5, 0.6) is 11.5 Å². The molecule has 9 heteroatoms. The van der Waals surface area contributed by atoms with Gasteiger partial charge in [-0.2, -0.15) is 9.78 Å². The van der Waals surface area contributed by atoms with Gasteiger partial charge in [0.25, 0.3) is 0 Å². The minimum absolute atomic E-state index is 0.156. The Morgan fingerprint density at radius 1 is 0.850 bits per heavy atom. The number of aromatic nitrogens is 2. The number of halogens is 1. The molecule has 3 aromatic carbocycles. The first-order chi connectivity index (χ1) is 19.2. The van der Waals surface area contributed by atoms with Gasteiger partial charge in [-0.15, -0.1) is 0 Å². The molecule has 4 aromatic rings. The van der Waals surface area contributed by atoms with Gasteiger partial charge in [-0.1, -0.05) is 54.1 Å². The summed E-state index contributed by atoms with van der Waals surface area (Å²) in [5.74, 6) is 0.683. The van der Waals surface area contributed by atoms with Crippen LogP contribution in [0.3, 0.4) is 0 Å². The number of amides is 1. The summed E-state index contributed by atoms with van der Waals surface area (Å²) < 4.78 is 13.1. The Hall–Kier alpha value is -4.30. The van der Waals surface area contributed by atoms with E-state index in [2.05, 4.69) is 5.10 Å². The zero-order chi connectivity index (χ0) is 28.3. The zero-order valence-electron chi connectivity index (χ0n) is 22.7. The summed E-state index contributed by atoms with van der Waals surface area (Å²) >= 11 is 6.05. The monoisotopic (exact) mass is 558 g/mol. The van der Waals surface area contributed by atoms with E-state index in [1.54, 1.807) is 35.4 Å². The highest BCUT2D eigenvalue weighted by Crippen LogP contribution is 2.31. The molecule has 0 bridgehead atoms. The lowest BCUT2D eigenvalue weighted by Gasteiger charge is -2.37. The molecule has 0 N–H and O–H groups in total. The molecule has 206 valence electrons. The number of nitrogens with zero attached hydrogens (tertiary/aromatic N) is 4. The highest BCUT2D eigenvalue weighted by atomic mass is 35.5. The predicted octanol–water partition coefficient (Wildman–Crippen LogP) is 6.40. The second kappa shape index (κ2) is 11.4. The first-order valence-corrected chi connectivity index (χ1v) is 13.5. The summed E-state index contributed by atoms with van der Waals surface area (Å²) in [4.78, 5) is 30.0. The van der Waals surface area contributed by atoms with Gasteiger partial charge in [0.1, 0.15) is 17.0 Å². The number of benzene rings is 3. The molecule has 0 saturated carbocycles. The average molecular weight is 559 g/mol. The van der Waals surface area contributed by atoms with Crippen LogP contribution in [0.4, 0.5) is 10.5 Å². The van der Waals surface area contributed by atoms with Crippen molar-refractivity contribution in [3.8, 4) is 28.3 Å². The van der Waals surface area contributed by atoms with Crippen molar-refractivity contribution in [2.75, 3.05) is 31.1 Å². The Labute approximate surface area is 238 Å². The van der Waals surface area contributed by atoms with Gasteiger partial charge in [-0.05, 0) is 68.3 Å². The van der Waals surface area contributed by atoms with Crippen LogP contribution < -0.4 is 15.2 Å². The van der Waals surface area contributed by atoms with Crippen LogP contribution in [-0.4, -0.2) is 52.6 Å². The number of hydrogen-bond donors (Lipinski definition) is 0. The summed E-state index contributed by atoms with van der Waals surface area (Å²) in [6.45, 7) is 7.42.